The van der Waals surface area contributed by atoms with Crippen LogP contribution in [0.3, 0.4) is 0 Å². The highest BCUT2D eigenvalue weighted by Gasteiger charge is 2.12. The Labute approximate surface area is 116 Å². The lowest BCUT2D eigenvalue weighted by Crippen LogP contribution is -2.01. The Balaban J connectivity index is 2.26. The van der Waals surface area contributed by atoms with E-state index in [2.05, 4.69) is 41.1 Å². The van der Waals surface area contributed by atoms with E-state index in [1.54, 1.807) is 0 Å². The zero-order valence-electron chi connectivity index (χ0n) is 10.2. The minimum Gasteiger partial charge on any atom is -0.198 e. The number of halogens is 1. The first kappa shape index (κ1) is 12.9. The number of aryl methyl sites for hydroxylation is 1. The maximum atomic E-state index is 9.36. The van der Waals surface area contributed by atoms with Crippen molar-refractivity contribution < 1.29 is 0 Å². The average Bonchev–Trinajstić information content (AvgIpc) is 2.38. The maximum absolute atomic E-state index is 9.36. The summed E-state index contributed by atoms with van der Waals surface area (Å²) >= 11 is 3.45. The SMILES string of the molecule is Cc1ccccc1CC(C#N)c1cccc(Br)c1. The normalized spacial score (nSPS) is 11.8. The maximum Gasteiger partial charge on any atom is 0.0753 e. The molecule has 1 atom stereocenters. The van der Waals surface area contributed by atoms with Gasteiger partial charge in [-0.1, -0.05) is 52.3 Å². The van der Waals surface area contributed by atoms with Gasteiger partial charge in [0.05, 0.1) is 12.0 Å². The van der Waals surface area contributed by atoms with Gasteiger partial charge in [0.2, 0.25) is 0 Å². The monoisotopic (exact) mass is 299 g/mol. The van der Waals surface area contributed by atoms with Crippen LogP contribution in [-0.2, 0) is 6.42 Å². The summed E-state index contributed by atoms with van der Waals surface area (Å²) in [6.45, 7) is 2.09. The number of benzene rings is 2. The topological polar surface area (TPSA) is 23.8 Å². The molecule has 0 aliphatic heterocycles. The van der Waals surface area contributed by atoms with Crippen LogP contribution in [0.5, 0.6) is 0 Å². The molecule has 1 unspecified atom stereocenters. The Morgan fingerprint density at radius 2 is 1.94 bits per heavy atom. The highest BCUT2D eigenvalue weighted by Crippen LogP contribution is 2.24. The summed E-state index contributed by atoms with van der Waals surface area (Å²) in [5.74, 6) is -0.0939. The first-order valence-electron chi connectivity index (χ1n) is 5.90. The van der Waals surface area contributed by atoms with E-state index >= 15 is 0 Å². The molecule has 0 fully saturated rings. The Kier molecular flexibility index (Phi) is 4.17. The van der Waals surface area contributed by atoms with Gasteiger partial charge in [-0.2, -0.15) is 5.26 Å². The molecule has 90 valence electrons. The van der Waals surface area contributed by atoms with Gasteiger partial charge in [-0.3, -0.25) is 0 Å². The van der Waals surface area contributed by atoms with E-state index in [9.17, 15) is 5.26 Å². The molecule has 0 bridgehead atoms. The van der Waals surface area contributed by atoms with Crippen LogP contribution in [0.15, 0.2) is 53.0 Å². The summed E-state index contributed by atoms with van der Waals surface area (Å²) in [5.41, 5.74) is 3.55. The zero-order valence-corrected chi connectivity index (χ0v) is 11.8. The molecule has 0 saturated carbocycles. The molecule has 2 aromatic rings. The van der Waals surface area contributed by atoms with Crippen LogP contribution in [0.1, 0.15) is 22.6 Å². The predicted molar refractivity (Wildman–Crippen MR) is 77.4 cm³/mol. The molecule has 2 aromatic carbocycles. The second-order valence-electron chi connectivity index (χ2n) is 4.37. The van der Waals surface area contributed by atoms with Crippen molar-refractivity contribution in [3.8, 4) is 6.07 Å². The number of nitrogens with zero attached hydrogens (tertiary/aromatic N) is 1. The standard InChI is InChI=1S/C16H14BrN/c1-12-5-2-3-6-13(12)9-15(11-18)14-7-4-8-16(17)10-14/h2-8,10,15H,9H2,1H3. The summed E-state index contributed by atoms with van der Waals surface area (Å²) < 4.78 is 1.02. The largest absolute Gasteiger partial charge is 0.198 e. The minimum atomic E-state index is -0.0939. The summed E-state index contributed by atoms with van der Waals surface area (Å²) in [6, 6.07) is 18.6. The van der Waals surface area contributed by atoms with Crippen LogP contribution in [0, 0.1) is 18.3 Å². The molecule has 18 heavy (non-hydrogen) atoms. The third kappa shape index (κ3) is 3.00. The van der Waals surface area contributed by atoms with E-state index in [0.717, 1.165) is 16.5 Å². The average molecular weight is 300 g/mol. The zero-order chi connectivity index (χ0) is 13.0. The van der Waals surface area contributed by atoms with Crippen molar-refractivity contribution in [2.75, 3.05) is 0 Å². The van der Waals surface area contributed by atoms with Gasteiger partial charge >= 0.3 is 0 Å². The smallest absolute Gasteiger partial charge is 0.0753 e. The van der Waals surface area contributed by atoms with Gasteiger partial charge in [-0.25, -0.2) is 0 Å². The lowest BCUT2D eigenvalue weighted by molar-refractivity contribution is 0.842. The summed E-state index contributed by atoms with van der Waals surface area (Å²) in [4.78, 5) is 0. The second-order valence-corrected chi connectivity index (χ2v) is 5.28. The lowest BCUT2D eigenvalue weighted by atomic mass is 9.91. The molecule has 1 nitrogen and oxygen atoms in total. The lowest BCUT2D eigenvalue weighted by Gasteiger charge is -2.11. The molecule has 0 amide bonds. The van der Waals surface area contributed by atoms with Crippen molar-refractivity contribution in [3.05, 3.63) is 69.7 Å². The quantitative estimate of drug-likeness (QED) is 0.812. The molecule has 0 aromatic heterocycles. The van der Waals surface area contributed by atoms with Crippen LogP contribution in [0.2, 0.25) is 0 Å². The van der Waals surface area contributed by atoms with Crippen LogP contribution in [0.4, 0.5) is 0 Å². The van der Waals surface area contributed by atoms with E-state index in [4.69, 9.17) is 0 Å². The fourth-order valence-corrected chi connectivity index (χ4v) is 2.44. The van der Waals surface area contributed by atoms with Crippen LogP contribution < -0.4 is 0 Å². The van der Waals surface area contributed by atoms with Gasteiger partial charge in [0, 0.05) is 4.47 Å². The van der Waals surface area contributed by atoms with Gasteiger partial charge in [0.15, 0.2) is 0 Å². The number of nitriles is 1. The third-order valence-electron chi connectivity index (χ3n) is 3.09. The molecular formula is C16H14BrN. The van der Waals surface area contributed by atoms with Crippen LogP contribution in [-0.4, -0.2) is 0 Å². The highest BCUT2D eigenvalue weighted by atomic mass is 79.9. The molecule has 0 heterocycles. The van der Waals surface area contributed by atoms with Crippen molar-refractivity contribution in [3.63, 3.8) is 0 Å². The van der Waals surface area contributed by atoms with E-state index in [0.29, 0.717) is 0 Å². The van der Waals surface area contributed by atoms with Gasteiger partial charge < -0.3 is 0 Å². The minimum absolute atomic E-state index is 0.0939. The fourth-order valence-electron chi connectivity index (χ4n) is 2.02. The molecule has 0 N–H and O–H groups in total. The second kappa shape index (κ2) is 5.84. The third-order valence-corrected chi connectivity index (χ3v) is 3.59. The van der Waals surface area contributed by atoms with Crippen molar-refractivity contribution in [1.82, 2.24) is 0 Å². The summed E-state index contributed by atoms with van der Waals surface area (Å²) in [6.07, 6.45) is 0.764. The van der Waals surface area contributed by atoms with Gasteiger partial charge in [0.1, 0.15) is 0 Å². The van der Waals surface area contributed by atoms with Crippen LogP contribution >= 0.6 is 15.9 Å². The van der Waals surface area contributed by atoms with Gasteiger partial charge in [-0.05, 0) is 42.2 Å². The molecule has 0 aliphatic rings. The van der Waals surface area contributed by atoms with E-state index < -0.39 is 0 Å². The number of rotatable bonds is 3. The first-order valence-corrected chi connectivity index (χ1v) is 6.69. The molecule has 2 heteroatoms. The van der Waals surface area contributed by atoms with Crippen molar-refractivity contribution in [2.45, 2.75) is 19.3 Å². The molecule has 0 saturated heterocycles. The van der Waals surface area contributed by atoms with Gasteiger partial charge in [-0.15, -0.1) is 0 Å². The Bertz CT molecular complexity index is 584. The highest BCUT2D eigenvalue weighted by molar-refractivity contribution is 9.10. The molecule has 0 aliphatic carbocycles. The van der Waals surface area contributed by atoms with Gasteiger partial charge in [0.25, 0.3) is 0 Å². The van der Waals surface area contributed by atoms with Crippen molar-refractivity contribution in [1.29, 1.82) is 5.26 Å². The van der Waals surface area contributed by atoms with E-state index in [1.165, 1.54) is 11.1 Å². The number of hydrogen-bond acceptors (Lipinski definition) is 1. The first-order chi connectivity index (χ1) is 8.70. The number of hydrogen-bond donors (Lipinski definition) is 0. The summed E-state index contributed by atoms with van der Waals surface area (Å²) in [7, 11) is 0. The molecule has 0 radical (unpaired) electrons. The predicted octanol–water partition coefficient (Wildman–Crippen LogP) is 4.61. The van der Waals surface area contributed by atoms with Crippen LogP contribution in [0.25, 0.3) is 0 Å². The Morgan fingerprint density at radius 1 is 1.17 bits per heavy atom. The summed E-state index contributed by atoms with van der Waals surface area (Å²) in [5, 5.41) is 9.36. The molecular weight excluding hydrogens is 286 g/mol. The van der Waals surface area contributed by atoms with Crippen molar-refractivity contribution >= 4 is 15.9 Å². The Hall–Kier alpha value is -1.59. The Morgan fingerprint density at radius 3 is 2.61 bits per heavy atom. The fraction of sp³-hybridized carbons (Fsp3) is 0.188. The van der Waals surface area contributed by atoms with E-state index in [-0.39, 0.29) is 5.92 Å². The molecule has 0 spiro atoms. The van der Waals surface area contributed by atoms with Crippen molar-refractivity contribution in [2.24, 2.45) is 0 Å². The molecule has 2 rings (SSSR count). The van der Waals surface area contributed by atoms with E-state index in [1.807, 2.05) is 36.4 Å².